The normalized spacial score (nSPS) is 17.4. The van der Waals surface area contributed by atoms with Crippen LogP contribution in [0.2, 0.25) is 0 Å². The van der Waals surface area contributed by atoms with Crippen molar-refractivity contribution in [3.63, 3.8) is 0 Å². The molecule has 5 nitrogen and oxygen atoms in total. The molecule has 0 saturated heterocycles. The zero-order valence-electron chi connectivity index (χ0n) is 10.4. The molecule has 1 rings (SSSR count). The highest BCUT2D eigenvalue weighted by atomic mass is 32.2. The van der Waals surface area contributed by atoms with E-state index in [1.807, 2.05) is 0 Å². The summed E-state index contributed by atoms with van der Waals surface area (Å²) in [5.74, 6) is -0.516. The molecule has 0 aliphatic heterocycles. The SMILES string of the molecule is CC(C)N(CC(=O)O)S(=O)(=O)CCC1CCC1. The number of carboxylic acid groups (broad SMARTS) is 1. The predicted octanol–water partition coefficient (Wildman–Crippen LogP) is 1.30. The van der Waals surface area contributed by atoms with Crippen LogP contribution in [0.4, 0.5) is 0 Å². The number of rotatable bonds is 7. The highest BCUT2D eigenvalue weighted by Crippen LogP contribution is 2.30. The maximum atomic E-state index is 12.0. The third-order valence-electron chi connectivity index (χ3n) is 3.23. The first-order chi connectivity index (χ1) is 7.83. The molecule has 0 aromatic heterocycles. The van der Waals surface area contributed by atoms with Crippen LogP contribution in [0, 0.1) is 5.92 Å². The van der Waals surface area contributed by atoms with Crippen LogP contribution in [0.1, 0.15) is 39.5 Å². The van der Waals surface area contributed by atoms with E-state index in [9.17, 15) is 13.2 Å². The molecule has 1 N–H and O–H groups in total. The number of hydrogen-bond acceptors (Lipinski definition) is 3. The minimum Gasteiger partial charge on any atom is -0.480 e. The number of nitrogens with zero attached hydrogens (tertiary/aromatic N) is 1. The van der Waals surface area contributed by atoms with Crippen LogP contribution < -0.4 is 0 Å². The van der Waals surface area contributed by atoms with Crippen molar-refractivity contribution in [2.45, 2.75) is 45.6 Å². The smallest absolute Gasteiger partial charge is 0.318 e. The Morgan fingerprint density at radius 3 is 2.35 bits per heavy atom. The van der Waals surface area contributed by atoms with Gasteiger partial charge < -0.3 is 5.11 Å². The van der Waals surface area contributed by atoms with Crippen molar-refractivity contribution in [2.75, 3.05) is 12.3 Å². The van der Waals surface area contributed by atoms with Crippen LogP contribution in [0.15, 0.2) is 0 Å². The zero-order chi connectivity index (χ0) is 13.1. The number of hydrogen-bond donors (Lipinski definition) is 1. The van der Waals surface area contributed by atoms with Gasteiger partial charge in [0.15, 0.2) is 0 Å². The second-order valence-corrected chi connectivity index (χ2v) is 6.98. The highest BCUT2D eigenvalue weighted by molar-refractivity contribution is 7.89. The van der Waals surface area contributed by atoms with Crippen molar-refractivity contribution < 1.29 is 18.3 Å². The summed E-state index contributed by atoms with van der Waals surface area (Å²) in [5.41, 5.74) is 0. The second-order valence-electron chi connectivity index (χ2n) is 4.93. The zero-order valence-corrected chi connectivity index (χ0v) is 11.2. The van der Waals surface area contributed by atoms with Gasteiger partial charge in [-0.15, -0.1) is 0 Å². The standard InChI is InChI=1S/C11H21NO4S/c1-9(2)12(8-11(13)14)17(15,16)7-6-10-4-3-5-10/h9-10H,3-8H2,1-2H3,(H,13,14). The van der Waals surface area contributed by atoms with E-state index in [2.05, 4.69) is 0 Å². The molecule has 0 spiro atoms. The molecule has 1 fully saturated rings. The van der Waals surface area contributed by atoms with Gasteiger partial charge >= 0.3 is 5.97 Å². The maximum absolute atomic E-state index is 12.0. The van der Waals surface area contributed by atoms with Gasteiger partial charge in [-0.05, 0) is 26.2 Å². The average Bonchev–Trinajstić information content (AvgIpc) is 2.10. The van der Waals surface area contributed by atoms with Crippen LogP contribution in [-0.2, 0) is 14.8 Å². The van der Waals surface area contributed by atoms with E-state index in [0.717, 1.165) is 17.1 Å². The molecule has 0 heterocycles. The van der Waals surface area contributed by atoms with Gasteiger partial charge in [0.05, 0.1) is 5.75 Å². The monoisotopic (exact) mass is 263 g/mol. The van der Waals surface area contributed by atoms with Crippen molar-refractivity contribution in [2.24, 2.45) is 5.92 Å². The van der Waals surface area contributed by atoms with Crippen LogP contribution in [0.25, 0.3) is 0 Å². The Labute approximate surface area is 103 Å². The number of carboxylic acids is 1. The summed E-state index contributed by atoms with van der Waals surface area (Å²) in [4.78, 5) is 10.7. The van der Waals surface area contributed by atoms with Crippen molar-refractivity contribution in [3.8, 4) is 0 Å². The molecule has 1 aliphatic carbocycles. The average molecular weight is 263 g/mol. The van der Waals surface area contributed by atoms with Gasteiger partial charge in [0.2, 0.25) is 10.0 Å². The molecular formula is C11H21NO4S. The fourth-order valence-corrected chi connectivity index (χ4v) is 3.77. The molecule has 1 saturated carbocycles. The quantitative estimate of drug-likeness (QED) is 0.751. The molecule has 100 valence electrons. The van der Waals surface area contributed by atoms with Crippen molar-refractivity contribution in [1.29, 1.82) is 0 Å². The van der Waals surface area contributed by atoms with E-state index in [0.29, 0.717) is 12.3 Å². The predicted molar refractivity (Wildman–Crippen MR) is 65.2 cm³/mol. The van der Waals surface area contributed by atoms with Crippen molar-refractivity contribution in [3.05, 3.63) is 0 Å². The summed E-state index contributed by atoms with van der Waals surface area (Å²) in [6.45, 7) is 2.96. The number of carbonyl (C=O) groups is 1. The van der Waals surface area contributed by atoms with Crippen LogP contribution in [-0.4, -0.2) is 42.1 Å². The summed E-state index contributed by atoms with van der Waals surface area (Å²) in [6.07, 6.45) is 4.06. The van der Waals surface area contributed by atoms with E-state index in [1.54, 1.807) is 13.8 Å². The van der Waals surface area contributed by atoms with E-state index in [-0.39, 0.29) is 11.8 Å². The summed E-state index contributed by atoms with van der Waals surface area (Å²) >= 11 is 0. The van der Waals surface area contributed by atoms with Gasteiger partial charge in [-0.2, -0.15) is 4.31 Å². The third-order valence-corrected chi connectivity index (χ3v) is 5.25. The first-order valence-electron chi connectivity index (χ1n) is 6.04. The molecule has 6 heteroatoms. The first-order valence-corrected chi connectivity index (χ1v) is 7.65. The highest BCUT2D eigenvalue weighted by Gasteiger charge is 2.28. The van der Waals surface area contributed by atoms with Gasteiger partial charge in [-0.3, -0.25) is 4.79 Å². The van der Waals surface area contributed by atoms with Gasteiger partial charge in [-0.25, -0.2) is 8.42 Å². The second kappa shape index (κ2) is 5.82. The molecule has 1 aliphatic rings. The lowest BCUT2D eigenvalue weighted by molar-refractivity contribution is -0.137. The minimum atomic E-state index is -3.44. The lowest BCUT2D eigenvalue weighted by Crippen LogP contribution is -2.42. The molecule has 0 aromatic carbocycles. The summed E-state index contributed by atoms with van der Waals surface area (Å²) < 4.78 is 25.1. The first kappa shape index (κ1) is 14.4. The van der Waals surface area contributed by atoms with Crippen LogP contribution >= 0.6 is 0 Å². The molecule has 0 amide bonds. The molecule has 0 aromatic rings. The third kappa shape index (κ3) is 4.27. The van der Waals surface area contributed by atoms with E-state index < -0.39 is 22.5 Å². The van der Waals surface area contributed by atoms with Gasteiger partial charge in [-0.1, -0.05) is 19.3 Å². The van der Waals surface area contributed by atoms with Crippen molar-refractivity contribution in [1.82, 2.24) is 4.31 Å². The van der Waals surface area contributed by atoms with E-state index in [4.69, 9.17) is 5.11 Å². The Hall–Kier alpha value is -0.620. The molecule has 0 radical (unpaired) electrons. The Balaban J connectivity index is 2.59. The van der Waals surface area contributed by atoms with E-state index >= 15 is 0 Å². The summed E-state index contributed by atoms with van der Waals surface area (Å²) in [7, 11) is -3.44. The molecule has 0 atom stereocenters. The summed E-state index contributed by atoms with van der Waals surface area (Å²) in [5, 5.41) is 8.72. The summed E-state index contributed by atoms with van der Waals surface area (Å²) in [6, 6.07) is -0.308. The topological polar surface area (TPSA) is 74.7 Å². The maximum Gasteiger partial charge on any atom is 0.318 e. The van der Waals surface area contributed by atoms with Gasteiger partial charge in [0.25, 0.3) is 0 Å². The fraction of sp³-hybridized carbons (Fsp3) is 0.909. The van der Waals surface area contributed by atoms with Gasteiger partial charge in [0, 0.05) is 6.04 Å². The lowest BCUT2D eigenvalue weighted by atomic mass is 9.84. The fourth-order valence-electron chi connectivity index (χ4n) is 1.95. The van der Waals surface area contributed by atoms with Crippen molar-refractivity contribution >= 4 is 16.0 Å². The Bertz CT molecular complexity index is 360. The molecular weight excluding hydrogens is 242 g/mol. The molecule has 0 unspecified atom stereocenters. The minimum absolute atomic E-state index is 0.0725. The van der Waals surface area contributed by atoms with Crippen LogP contribution in [0.3, 0.4) is 0 Å². The molecule has 0 bridgehead atoms. The van der Waals surface area contributed by atoms with Crippen LogP contribution in [0.5, 0.6) is 0 Å². The molecule has 17 heavy (non-hydrogen) atoms. The Kier molecular flexibility index (Phi) is 4.94. The number of aliphatic carboxylic acids is 1. The largest absolute Gasteiger partial charge is 0.480 e. The number of sulfonamides is 1. The Morgan fingerprint density at radius 2 is 2.00 bits per heavy atom. The lowest BCUT2D eigenvalue weighted by Gasteiger charge is -2.28. The van der Waals surface area contributed by atoms with Gasteiger partial charge in [0.1, 0.15) is 6.54 Å². The van der Waals surface area contributed by atoms with E-state index in [1.165, 1.54) is 6.42 Å². The Morgan fingerprint density at radius 1 is 1.41 bits per heavy atom.